The summed E-state index contributed by atoms with van der Waals surface area (Å²) in [5.74, 6) is 0.659. The summed E-state index contributed by atoms with van der Waals surface area (Å²) < 4.78 is 5.33. The highest BCUT2D eigenvalue weighted by Gasteiger charge is 2.36. The lowest BCUT2D eigenvalue weighted by Crippen LogP contribution is -2.31. The lowest BCUT2D eigenvalue weighted by Gasteiger charge is -2.21. The Labute approximate surface area is 147 Å². The quantitative estimate of drug-likeness (QED) is 0.850. The molecule has 1 unspecified atom stereocenters. The van der Waals surface area contributed by atoms with E-state index in [1.807, 2.05) is 25.9 Å². The predicted molar refractivity (Wildman–Crippen MR) is 93.0 cm³/mol. The van der Waals surface area contributed by atoms with Crippen LogP contribution in [0.3, 0.4) is 0 Å². The summed E-state index contributed by atoms with van der Waals surface area (Å²) in [6.45, 7) is 3.36. The zero-order valence-corrected chi connectivity index (χ0v) is 15.2. The van der Waals surface area contributed by atoms with Gasteiger partial charge in [0.2, 0.25) is 5.91 Å². The summed E-state index contributed by atoms with van der Waals surface area (Å²) in [4.78, 5) is 28.3. The SMILES string of the molecule is CC1c2[nH]nc(NC(=O)C3CCCC3)c2CN1C(=O)OCCN(C)C. The molecule has 0 aromatic carbocycles. The Bertz CT molecular complexity index is 636. The van der Waals surface area contributed by atoms with E-state index in [0.29, 0.717) is 25.5 Å². The minimum Gasteiger partial charge on any atom is -0.448 e. The van der Waals surface area contributed by atoms with Crippen molar-refractivity contribution in [2.45, 2.75) is 45.2 Å². The van der Waals surface area contributed by atoms with E-state index in [1.54, 1.807) is 4.90 Å². The number of H-pyrrole nitrogens is 1. The molecule has 1 aromatic rings. The molecule has 25 heavy (non-hydrogen) atoms. The lowest BCUT2D eigenvalue weighted by molar-refractivity contribution is -0.119. The maximum atomic E-state index is 12.3. The van der Waals surface area contributed by atoms with E-state index in [2.05, 4.69) is 15.5 Å². The van der Waals surface area contributed by atoms with Crippen molar-refractivity contribution in [1.82, 2.24) is 20.0 Å². The fourth-order valence-corrected chi connectivity index (χ4v) is 3.48. The van der Waals surface area contributed by atoms with E-state index in [-0.39, 0.29) is 24.0 Å². The normalized spacial score (nSPS) is 20.2. The number of carbonyl (C=O) groups excluding carboxylic acids is 2. The molecular weight excluding hydrogens is 322 g/mol. The molecule has 3 rings (SSSR count). The molecule has 1 saturated carbocycles. The summed E-state index contributed by atoms with van der Waals surface area (Å²) in [6.07, 6.45) is 3.77. The molecule has 0 radical (unpaired) electrons. The number of rotatable bonds is 5. The summed E-state index contributed by atoms with van der Waals surface area (Å²) in [6, 6.07) is -0.147. The van der Waals surface area contributed by atoms with Gasteiger partial charge in [0.25, 0.3) is 0 Å². The smallest absolute Gasteiger partial charge is 0.410 e. The molecule has 1 fully saturated rings. The van der Waals surface area contributed by atoms with Gasteiger partial charge in [-0.05, 0) is 33.9 Å². The fourth-order valence-electron chi connectivity index (χ4n) is 3.48. The minimum atomic E-state index is -0.341. The minimum absolute atomic E-state index is 0.0338. The number of nitrogens with one attached hydrogen (secondary N) is 2. The van der Waals surface area contributed by atoms with Crippen LogP contribution in [0, 0.1) is 5.92 Å². The first-order valence-electron chi connectivity index (χ1n) is 8.93. The van der Waals surface area contributed by atoms with Gasteiger partial charge >= 0.3 is 6.09 Å². The summed E-state index contributed by atoms with van der Waals surface area (Å²) in [5, 5.41) is 10.1. The number of aromatic amines is 1. The van der Waals surface area contributed by atoms with E-state index in [1.165, 1.54) is 0 Å². The van der Waals surface area contributed by atoms with Crippen LogP contribution in [0.1, 0.15) is 49.9 Å². The number of likely N-dealkylation sites (N-methyl/N-ethyl adjacent to an activating group) is 1. The van der Waals surface area contributed by atoms with Crippen LogP contribution in [-0.2, 0) is 16.1 Å². The van der Waals surface area contributed by atoms with Gasteiger partial charge in [-0.15, -0.1) is 0 Å². The number of ether oxygens (including phenoxy) is 1. The molecule has 2 N–H and O–H groups in total. The first-order chi connectivity index (χ1) is 12.0. The monoisotopic (exact) mass is 349 g/mol. The number of anilines is 1. The van der Waals surface area contributed by atoms with Crippen molar-refractivity contribution in [2.75, 3.05) is 32.6 Å². The Morgan fingerprint density at radius 2 is 2.08 bits per heavy atom. The van der Waals surface area contributed by atoms with Crippen LogP contribution in [-0.4, -0.2) is 59.2 Å². The van der Waals surface area contributed by atoms with E-state index in [0.717, 1.165) is 36.9 Å². The van der Waals surface area contributed by atoms with Gasteiger partial charge in [-0.3, -0.25) is 14.8 Å². The van der Waals surface area contributed by atoms with Crippen LogP contribution in [0.15, 0.2) is 0 Å². The average Bonchev–Trinajstić information content (AvgIpc) is 3.27. The third-order valence-corrected chi connectivity index (χ3v) is 5.08. The molecule has 2 aliphatic rings. The molecule has 2 heterocycles. The Kier molecular flexibility index (Phi) is 5.27. The van der Waals surface area contributed by atoms with Gasteiger partial charge in [-0.25, -0.2) is 4.79 Å². The molecule has 0 bridgehead atoms. The number of amides is 2. The van der Waals surface area contributed by atoms with Crippen LogP contribution in [0.2, 0.25) is 0 Å². The van der Waals surface area contributed by atoms with E-state index >= 15 is 0 Å². The Balaban J connectivity index is 1.61. The van der Waals surface area contributed by atoms with Gasteiger partial charge in [-0.2, -0.15) is 5.10 Å². The number of carbonyl (C=O) groups is 2. The molecular formula is C17H27N5O3. The Morgan fingerprint density at radius 1 is 1.36 bits per heavy atom. The van der Waals surface area contributed by atoms with Gasteiger partial charge in [-0.1, -0.05) is 12.8 Å². The summed E-state index contributed by atoms with van der Waals surface area (Å²) in [7, 11) is 3.87. The van der Waals surface area contributed by atoms with Crippen molar-refractivity contribution in [2.24, 2.45) is 5.92 Å². The molecule has 8 nitrogen and oxygen atoms in total. The van der Waals surface area contributed by atoms with E-state index in [4.69, 9.17) is 4.74 Å². The highest BCUT2D eigenvalue weighted by Crippen LogP contribution is 2.36. The average molecular weight is 349 g/mol. The van der Waals surface area contributed by atoms with Gasteiger partial charge in [0.1, 0.15) is 6.61 Å². The van der Waals surface area contributed by atoms with Gasteiger partial charge in [0.05, 0.1) is 18.3 Å². The molecule has 8 heteroatoms. The largest absolute Gasteiger partial charge is 0.448 e. The maximum Gasteiger partial charge on any atom is 0.410 e. The summed E-state index contributed by atoms with van der Waals surface area (Å²) >= 11 is 0. The van der Waals surface area contributed by atoms with Crippen molar-refractivity contribution in [3.05, 3.63) is 11.3 Å². The first-order valence-corrected chi connectivity index (χ1v) is 8.93. The Morgan fingerprint density at radius 3 is 2.76 bits per heavy atom. The second-order valence-corrected chi connectivity index (χ2v) is 7.16. The van der Waals surface area contributed by atoms with Crippen molar-refractivity contribution in [3.8, 4) is 0 Å². The predicted octanol–water partition coefficient (Wildman–Crippen LogP) is 2.11. The van der Waals surface area contributed by atoms with Crippen LogP contribution >= 0.6 is 0 Å². The lowest BCUT2D eigenvalue weighted by atomic mass is 10.1. The molecule has 0 spiro atoms. The highest BCUT2D eigenvalue weighted by molar-refractivity contribution is 5.92. The molecule has 138 valence electrons. The van der Waals surface area contributed by atoms with Crippen molar-refractivity contribution >= 4 is 17.8 Å². The molecule has 1 aliphatic carbocycles. The standard InChI is InChI=1S/C17H27N5O3/c1-11-14-13(10-22(11)17(24)25-9-8-21(2)3)15(20-19-14)18-16(23)12-6-4-5-7-12/h11-12H,4-10H2,1-3H3,(H2,18,19,20,23). The van der Waals surface area contributed by atoms with Crippen LogP contribution in [0.5, 0.6) is 0 Å². The number of aromatic nitrogens is 2. The second-order valence-electron chi connectivity index (χ2n) is 7.16. The molecule has 2 amide bonds. The highest BCUT2D eigenvalue weighted by atomic mass is 16.6. The van der Waals surface area contributed by atoms with Crippen LogP contribution in [0.4, 0.5) is 10.6 Å². The van der Waals surface area contributed by atoms with Crippen molar-refractivity contribution in [1.29, 1.82) is 0 Å². The molecule has 1 aromatic heterocycles. The van der Waals surface area contributed by atoms with Crippen molar-refractivity contribution in [3.63, 3.8) is 0 Å². The summed E-state index contributed by atoms with van der Waals surface area (Å²) in [5.41, 5.74) is 1.75. The number of nitrogens with zero attached hydrogens (tertiary/aromatic N) is 3. The van der Waals surface area contributed by atoms with E-state index < -0.39 is 0 Å². The topological polar surface area (TPSA) is 90.6 Å². The number of fused-ring (bicyclic) bond motifs is 1. The van der Waals surface area contributed by atoms with Gasteiger partial charge in [0.15, 0.2) is 5.82 Å². The third kappa shape index (κ3) is 3.78. The van der Waals surface area contributed by atoms with Gasteiger partial charge < -0.3 is 15.0 Å². The van der Waals surface area contributed by atoms with Crippen LogP contribution < -0.4 is 5.32 Å². The van der Waals surface area contributed by atoms with Crippen molar-refractivity contribution < 1.29 is 14.3 Å². The van der Waals surface area contributed by atoms with Crippen LogP contribution in [0.25, 0.3) is 0 Å². The zero-order valence-electron chi connectivity index (χ0n) is 15.2. The first kappa shape index (κ1) is 17.7. The number of hydrogen-bond donors (Lipinski definition) is 2. The molecule has 0 saturated heterocycles. The maximum absolute atomic E-state index is 12.3. The zero-order chi connectivity index (χ0) is 18.0. The van der Waals surface area contributed by atoms with Gasteiger partial charge in [0, 0.05) is 18.0 Å². The molecule has 1 aliphatic heterocycles. The Hall–Kier alpha value is -2.09. The number of hydrogen-bond acceptors (Lipinski definition) is 5. The molecule has 1 atom stereocenters. The third-order valence-electron chi connectivity index (χ3n) is 5.08. The van der Waals surface area contributed by atoms with E-state index in [9.17, 15) is 9.59 Å². The fraction of sp³-hybridized carbons (Fsp3) is 0.706. The second kappa shape index (κ2) is 7.43.